The molecular weight excluding hydrogens is 204 g/mol. The number of rotatable bonds is 3. The van der Waals surface area contributed by atoms with E-state index >= 15 is 0 Å². The van der Waals surface area contributed by atoms with Crippen LogP contribution in [0.1, 0.15) is 50.6 Å². The molecule has 1 saturated carbocycles. The molecule has 2 N–H and O–H groups in total. The van der Waals surface area contributed by atoms with Crippen molar-refractivity contribution in [2.45, 2.75) is 51.0 Å². The second kappa shape index (κ2) is 5.08. The van der Waals surface area contributed by atoms with Crippen molar-refractivity contribution in [3.63, 3.8) is 0 Å². The number of nitrogens with two attached hydrogens (primary N) is 1. The molecule has 15 heavy (non-hydrogen) atoms. The van der Waals surface area contributed by atoms with E-state index in [1.165, 1.54) is 31.4 Å². The molecule has 84 valence electrons. The van der Waals surface area contributed by atoms with E-state index in [2.05, 4.69) is 17.3 Å². The highest BCUT2D eigenvalue weighted by Crippen LogP contribution is 2.39. The van der Waals surface area contributed by atoms with E-state index in [0.29, 0.717) is 12.0 Å². The summed E-state index contributed by atoms with van der Waals surface area (Å²) < 4.78 is 0. The minimum Gasteiger partial charge on any atom is -0.328 e. The first-order chi connectivity index (χ1) is 7.31. The van der Waals surface area contributed by atoms with Gasteiger partial charge in [0.1, 0.15) is 0 Å². The molecule has 0 aliphatic heterocycles. The van der Waals surface area contributed by atoms with Crippen LogP contribution in [0.2, 0.25) is 0 Å². The van der Waals surface area contributed by atoms with Gasteiger partial charge in [-0.3, -0.25) is 0 Å². The van der Waals surface area contributed by atoms with Crippen molar-refractivity contribution in [2.75, 3.05) is 0 Å². The smallest absolute Gasteiger partial charge is 0.0794 e. The molecule has 3 unspecified atom stereocenters. The SMILES string of the molecule is CCCC1CCC(N)CC1c1cscn1. The van der Waals surface area contributed by atoms with E-state index in [4.69, 9.17) is 5.73 Å². The standard InChI is InChI=1S/C12H20N2S/c1-2-3-9-4-5-10(13)6-11(9)12-7-15-8-14-12/h7-11H,2-6,13H2,1H3. The average Bonchev–Trinajstić information content (AvgIpc) is 2.74. The molecule has 0 spiro atoms. The van der Waals surface area contributed by atoms with Crippen LogP contribution in [0.5, 0.6) is 0 Å². The minimum atomic E-state index is 0.393. The lowest BCUT2D eigenvalue weighted by atomic mass is 9.74. The molecule has 1 aliphatic rings. The summed E-state index contributed by atoms with van der Waals surface area (Å²) in [5.41, 5.74) is 9.29. The molecule has 1 aromatic rings. The van der Waals surface area contributed by atoms with Crippen LogP contribution < -0.4 is 5.73 Å². The van der Waals surface area contributed by atoms with Crippen molar-refractivity contribution in [1.29, 1.82) is 0 Å². The van der Waals surface area contributed by atoms with Crippen molar-refractivity contribution in [1.82, 2.24) is 4.98 Å². The molecule has 2 rings (SSSR count). The molecule has 0 bridgehead atoms. The Bertz CT molecular complexity index is 284. The van der Waals surface area contributed by atoms with Crippen LogP contribution in [0, 0.1) is 5.92 Å². The molecule has 0 radical (unpaired) electrons. The van der Waals surface area contributed by atoms with Crippen LogP contribution in [0.3, 0.4) is 0 Å². The number of hydrogen-bond acceptors (Lipinski definition) is 3. The van der Waals surface area contributed by atoms with E-state index in [0.717, 1.165) is 12.3 Å². The summed E-state index contributed by atoms with van der Waals surface area (Å²) in [6, 6.07) is 0.393. The highest BCUT2D eigenvalue weighted by atomic mass is 32.1. The molecule has 1 aliphatic carbocycles. The van der Waals surface area contributed by atoms with Crippen LogP contribution in [-0.2, 0) is 0 Å². The first-order valence-corrected chi connectivity index (χ1v) is 6.89. The number of hydrogen-bond donors (Lipinski definition) is 1. The largest absolute Gasteiger partial charge is 0.328 e. The van der Waals surface area contributed by atoms with Gasteiger partial charge in [-0.05, 0) is 25.2 Å². The Kier molecular flexibility index (Phi) is 3.76. The first-order valence-electron chi connectivity index (χ1n) is 5.95. The van der Waals surface area contributed by atoms with Gasteiger partial charge in [0.2, 0.25) is 0 Å². The fraction of sp³-hybridized carbons (Fsp3) is 0.750. The lowest BCUT2D eigenvalue weighted by Gasteiger charge is -2.33. The van der Waals surface area contributed by atoms with Gasteiger partial charge >= 0.3 is 0 Å². The zero-order valence-corrected chi connectivity index (χ0v) is 10.2. The van der Waals surface area contributed by atoms with E-state index in [9.17, 15) is 0 Å². The van der Waals surface area contributed by atoms with Gasteiger partial charge < -0.3 is 5.73 Å². The lowest BCUT2D eigenvalue weighted by Crippen LogP contribution is -2.32. The van der Waals surface area contributed by atoms with Gasteiger partial charge in [-0.15, -0.1) is 11.3 Å². The number of nitrogens with zero attached hydrogens (tertiary/aromatic N) is 1. The zero-order valence-electron chi connectivity index (χ0n) is 9.36. The third-order valence-corrected chi connectivity index (χ3v) is 4.13. The van der Waals surface area contributed by atoms with Crippen LogP contribution in [-0.4, -0.2) is 11.0 Å². The van der Waals surface area contributed by atoms with Gasteiger partial charge in [0.15, 0.2) is 0 Å². The maximum atomic E-state index is 6.07. The predicted octanol–water partition coefficient (Wildman–Crippen LogP) is 3.15. The quantitative estimate of drug-likeness (QED) is 0.856. The van der Waals surface area contributed by atoms with Crippen LogP contribution in [0.25, 0.3) is 0 Å². The monoisotopic (exact) mass is 224 g/mol. The molecule has 1 fully saturated rings. The molecule has 1 aromatic heterocycles. The summed E-state index contributed by atoms with van der Waals surface area (Å²) in [6.07, 6.45) is 6.23. The van der Waals surface area contributed by atoms with Crippen molar-refractivity contribution in [3.8, 4) is 0 Å². The second-order valence-corrected chi connectivity index (χ2v) is 5.36. The third kappa shape index (κ3) is 2.58. The molecule has 3 atom stereocenters. The molecule has 2 nitrogen and oxygen atoms in total. The van der Waals surface area contributed by atoms with Crippen molar-refractivity contribution in [3.05, 3.63) is 16.6 Å². The molecular formula is C12H20N2S. The van der Waals surface area contributed by atoms with Gasteiger partial charge in [0.25, 0.3) is 0 Å². The first kappa shape index (κ1) is 11.1. The van der Waals surface area contributed by atoms with Crippen LogP contribution in [0.15, 0.2) is 10.9 Å². The van der Waals surface area contributed by atoms with Crippen LogP contribution >= 0.6 is 11.3 Å². The molecule has 3 heteroatoms. The Labute approximate surface area is 95.9 Å². The highest BCUT2D eigenvalue weighted by Gasteiger charge is 2.30. The molecule has 0 saturated heterocycles. The van der Waals surface area contributed by atoms with Gasteiger partial charge in [0.05, 0.1) is 11.2 Å². The molecule has 0 aromatic carbocycles. The van der Waals surface area contributed by atoms with Gasteiger partial charge in [-0.25, -0.2) is 4.98 Å². The van der Waals surface area contributed by atoms with E-state index < -0.39 is 0 Å². The van der Waals surface area contributed by atoms with Gasteiger partial charge in [-0.2, -0.15) is 0 Å². The lowest BCUT2D eigenvalue weighted by molar-refractivity contribution is 0.261. The Balaban J connectivity index is 2.09. The number of aromatic nitrogens is 1. The fourth-order valence-corrected chi connectivity index (χ4v) is 3.37. The maximum Gasteiger partial charge on any atom is 0.0794 e. The van der Waals surface area contributed by atoms with Crippen molar-refractivity contribution >= 4 is 11.3 Å². The predicted molar refractivity (Wildman–Crippen MR) is 65.1 cm³/mol. The molecule has 0 amide bonds. The Morgan fingerprint density at radius 2 is 2.40 bits per heavy atom. The highest BCUT2D eigenvalue weighted by molar-refractivity contribution is 7.07. The zero-order chi connectivity index (χ0) is 10.7. The average molecular weight is 224 g/mol. The minimum absolute atomic E-state index is 0.393. The summed E-state index contributed by atoms with van der Waals surface area (Å²) in [5, 5.41) is 2.20. The Morgan fingerprint density at radius 1 is 1.53 bits per heavy atom. The summed E-state index contributed by atoms with van der Waals surface area (Å²) >= 11 is 1.70. The summed E-state index contributed by atoms with van der Waals surface area (Å²) in [6.45, 7) is 2.27. The normalized spacial score (nSPS) is 31.7. The van der Waals surface area contributed by atoms with Crippen LogP contribution in [0.4, 0.5) is 0 Å². The summed E-state index contributed by atoms with van der Waals surface area (Å²) in [5.74, 6) is 1.44. The van der Waals surface area contributed by atoms with Crippen molar-refractivity contribution < 1.29 is 0 Å². The maximum absolute atomic E-state index is 6.07. The van der Waals surface area contributed by atoms with Gasteiger partial charge in [0, 0.05) is 17.3 Å². The Hall–Kier alpha value is -0.410. The summed E-state index contributed by atoms with van der Waals surface area (Å²) in [4.78, 5) is 4.47. The topological polar surface area (TPSA) is 38.9 Å². The second-order valence-electron chi connectivity index (χ2n) is 4.64. The van der Waals surface area contributed by atoms with E-state index in [1.54, 1.807) is 11.3 Å². The number of thiazole rings is 1. The molecule has 1 heterocycles. The fourth-order valence-electron chi connectivity index (χ4n) is 2.75. The Morgan fingerprint density at radius 3 is 3.07 bits per heavy atom. The van der Waals surface area contributed by atoms with E-state index in [1.807, 2.05) is 5.51 Å². The van der Waals surface area contributed by atoms with Crippen molar-refractivity contribution in [2.24, 2.45) is 11.7 Å². The third-order valence-electron chi connectivity index (χ3n) is 3.52. The van der Waals surface area contributed by atoms with E-state index in [-0.39, 0.29) is 0 Å². The van der Waals surface area contributed by atoms with Gasteiger partial charge in [-0.1, -0.05) is 19.8 Å². The summed E-state index contributed by atoms with van der Waals surface area (Å²) in [7, 11) is 0.